The van der Waals surface area contributed by atoms with Crippen LogP contribution >= 0.6 is 0 Å². The maximum absolute atomic E-state index is 13.9. The number of carbonyl (C=O) groups excluding carboxylic acids is 1. The van der Waals surface area contributed by atoms with Crippen molar-refractivity contribution in [1.29, 1.82) is 0 Å². The van der Waals surface area contributed by atoms with Crippen LogP contribution in [0.15, 0.2) is 36.7 Å². The van der Waals surface area contributed by atoms with Gasteiger partial charge in [0.25, 0.3) is 0 Å². The van der Waals surface area contributed by atoms with Gasteiger partial charge in [0.05, 0.1) is 29.9 Å². The number of fused-ring (bicyclic) bond motifs is 1. The molecular weight excluding hydrogens is 333 g/mol. The van der Waals surface area contributed by atoms with Gasteiger partial charge in [0, 0.05) is 24.2 Å². The molecule has 0 saturated heterocycles. The lowest BCUT2D eigenvalue weighted by atomic mass is 10.0. The molecule has 26 heavy (non-hydrogen) atoms. The van der Waals surface area contributed by atoms with Crippen molar-refractivity contribution in [2.75, 3.05) is 7.11 Å². The lowest BCUT2D eigenvalue weighted by Crippen LogP contribution is -2.08. The zero-order valence-corrected chi connectivity index (χ0v) is 14.6. The molecule has 1 aliphatic rings. The molecule has 5 nitrogen and oxygen atoms in total. The summed E-state index contributed by atoms with van der Waals surface area (Å²) in [5.74, 6) is -0.697. The monoisotopic (exact) mass is 353 g/mol. The largest absolute Gasteiger partial charge is 0.465 e. The van der Waals surface area contributed by atoms with Crippen LogP contribution in [0.25, 0.3) is 10.9 Å². The highest BCUT2D eigenvalue weighted by Crippen LogP contribution is 2.33. The fourth-order valence-corrected chi connectivity index (χ4v) is 3.79. The van der Waals surface area contributed by atoms with Crippen LogP contribution in [0.4, 0.5) is 4.39 Å². The van der Waals surface area contributed by atoms with Gasteiger partial charge >= 0.3 is 5.97 Å². The summed E-state index contributed by atoms with van der Waals surface area (Å²) >= 11 is 0. The number of methoxy groups -OCH3 is 1. The van der Waals surface area contributed by atoms with Crippen molar-refractivity contribution in [1.82, 2.24) is 14.8 Å². The topological polar surface area (TPSA) is 57.0 Å². The molecule has 6 heteroatoms. The summed E-state index contributed by atoms with van der Waals surface area (Å²) in [7, 11) is 1.35. The van der Waals surface area contributed by atoms with Gasteiger partial charge in [-0.2, -0.15) is 5.10 Å². The van der Waals surface area contributed by atoms with Gasteiger partial charge in [0.2, 0.25) is 0 Å². The molecular formula is C20H20FN3O2. The number of carbonyl (C=O) groups is 1. The second-order valence-corrected chi connectivity index (χ2v) is 6.69. The summed E-state index contributed by atoms with van der Waals surface area (Å²) < 4.78 is 20.8. The summed E-state index contributed by atoms with van der Waals surface area (Å²) in [4.78, 5) is 16.1. The van der Waals surface area contributed by atoms with Crippen molar-refractivity contribution in [3.63, 3.8) is 0 Å². The quantitative estimate of drug-likeness (QED) is 0.664. The minimum atomic E-state index is -0.409. The zero-order valence-electron chi connectivity index (χ0n) is 14.6. The number of hydrogen-bond acceptors (Lipinski definition) is 4. The Kier molecular flexibility index (Phi) is 4.41. The molecule has 0 amide bonds. The molecule has 3 aromatic rings. The lowest BCUT2D eigenvalue weighted by molar-refractivity contribution is 0.0599. The highest BCUT2D eigenvalue weighted by Gasteiger charge is 2.23. The Balaban J connectivity index is 1.80. The van der Waals surface area contributed by atoms with Gasteiger partial charge in [-0.3, -0.25) is 9.67 Å². The van der Waals surface area contributed by atoms with Crippen LogP contribution in [0.5, 0.6) is 0 Å². The van der Waals surface area contributed by atoms with Crippen molar-refractivity contribution in [2.24, 2.45) is 0 Å². The Labute approximate surface area is 150 Å². The van der Waals surface area contributed by atoms with Crippen molar-refractivity contribution < 1.29 is 13.9 Å². The first-order chi connectivity index (χ1) is 12.7. The van der Waals surface area contributed by atoms with E-state index in [-0.39, 0.29) is 5.82 Å². The fourth-order valence-electron chi connectivity index (χ4n) is 3.79. The van der Waals surface area contributed by atoms with E-state index in [2.05, 4.69) is 4.98 Å². The molecule has 0 bridgehead atoms. The number of benzene rings is 1. The summed E-state index contributed by atoms with van der Waals surface area (Å²) in [6.07, 6.45) is 8.17. The molecule has 2 aromatic heterocycles. The van der Waals surface area contributed by atoms with E-state index in [0.717, 1.165) is 35.0 Å². The number of rotatable bonds is 4. The minimum absolute atomic E-state index is 0.288. The second kappa shape index (κ2) is 6.86. The molecule has 0 aliphatic heterocycles. The van der Waals surface area contributed by atoms with Crippen molar-refractivity contribution in [3.8, 4) is 0 Å². The molecule has 0 atom stereocenters. The van der Waals surface area contributed by atoms with E-state index >= 15 is 0 Å². The number of aromatic nitrogens is 3. The van der Waals surface area contributed by atoms with E-state index < -0.39 is 5.97 Å². The van der Waals surface area contributed by atoms with Crippen LogP contribution in [0.3, 0.4) is 0 Å². The van der Waals surface area contributed by atoms with E-state index in [1.54, 1.807) is 24.5 Å². The molecule has 1 fully saturated rings. The highest BCUT2D eigenvalue weighted by molar-refractivity contribution is 5.91. The van der Waals surface area contributed by atoms with E-state index in [1.165, 1.54) is 32.1 Å². The third-order valence-corrected chi connectivity index (χ3v) is 5.08. The van der Waals surface area contributed by atoms with E-state index in [4.69, 9.17) is 9.84 Å². The molecule has 0 radical (unpaired) electrons. The standard InChI is InChI=1S/C20H20FN3O2/c1-26-20(25)16-8-9-22-12-13(16)10-18-17-11-14(21)6-7-19(17)24(23-18)15-4-2-3-5-15/h6-9,11-12,15H,2-5,10H2,1H3. The van der Waals surface area contributed by atoms with E-state index in [9.17, 15) is 9.18 Å². The number of pyridine rings is 1. The Bertz CT molecular complexity index is 961. The SMILES string of the molecule is COC(=O)c1ccncc1Cc1nn(C2CCCC2)c2ccc(F)cc12. The number of hydrogen-bond donors (Lipinski definition) is 0. The summed E-state index contributed by atoms with van der Waals surface area (Å²) in [6.45, 7) is 0. The van der Waals surface area contributed by atoms with Crippen LogP contribution in [-0.2, 0) is 11.2 Å². The van der Waals surface area contributed by atoms with Crippen molar-refractivity contribution in [3.05, 3.63) is 59.3 Å². The molecule has 2 heterocycles. The molecule has 1 aromatic carbocycles. The van der Waals surface area contributed by atoms with Crippen LogP contribution < -0.4 is 0 Å². The smallest absolute Gasteiger partial charge is 0.338 e. The van der Waals surface area contributed by atoms with Crippen LogP contribution in [0.2, 0.25) is 0 Å². The highest BCUT2D eigenvalue weighted by atomic mass is 19.1. The van der Waals surface area contributed by atoms with Crippen molar-refractivity contribution >= 4 is 16.9 Å². The van der Waals surface area contributed by atoms with E-state index in [1.807, 2.05) is 4.68 Å². The first-order valence-electron chi connectivity index (χ1n) is 8.85. The first-order valence-corrected chi connectivity index (χ1v) is 8.85. The summed E-state index contributed by atoms with van der Waals surface area (Å²) in [5.41, 5.74) is 2.88. The molecule has 4 rings (SSSR count). The Morgan fingerprint density at radius 3 is 2.88 bits per heavy atom. The predicted molar refractivity (Wildman–Crippen MR) is 95.6 cm³/mol. The molecule has 134 valence electrons. The maximum atomic E-state index is 13.9. The molecule has 0 N–H and O–H groups in total. The van der Waals surface area contributed by atoms with Gasteiger partial charge in [-0.1, -0.05) is 12.8 Å². The Hall–Kier alpha value is -2.76. The van der Waals surface area contributed by atoms with Gasteiger partial charge in [0.1, 0.15) is 5.82 Å². The zero-order chi connectivity index (χ0) is 18.1. The van der Waals surface area contributed by atoms with Gasteiger partial charge in [0.15, 0.2) is 0 Å². The molecule has 1 aliphatic carbocycles. The summed E-state index contributed by atoms with van der Waals surface area (Å²) in [5, 5.41) is 5.59. The molecule has 0 unspecified atom stereocenters. The van der Waals surface area contributed by atoms with Gasteiger partial charge < -0.3 is 4.74 Å². The Morgan fingerprint density at radius 2 is 2.12 bits per heavy atom. The fraction of sp³-hybridized carbons (Fsp3) is 0.350. The van der Waals surface area contributed by atoms with Gasteiger partial charge in [-0.05, 0) is 42.7 Å². The second-order valence-electron chi connectivity index (χ2n) is 6.69. The Morgan fingerprint density at radius 1 is 1.31 bits per heavy atom. The minimum Gasteiger partial charge on any atom is -0.465 e. The van der Waals surface area contributed by atoms with Crippen LogP contribution in [-0.4, -0.2) is 27.8 Å². The number of esters is 1. The number of nitrogens with zero attached hydrogens (tertiary/aromatic N) is 3. The average molecular weight is 353 g/mol. The first kappa shape index (κ1) is 16.7. The molecule has 0 spiro atoms. The van der Waals surface area contributed by atoms with Gasteiger partial charge in [-0.15, -0.1) is 0 Å². The third kappa shape index (κ3) is 2.96. The predicted octanol–water partition coefficient (Wildman–Crippen LogP) is 4.06. The van der Waals surface area contributed by atoms with Crippen LogP contribution in [0, 0.1) is 5.82 Å². The normalized spacial score (nSPS) is 14.8. The lowest BCUT2D eigenvalue weighted by Gasteiger charge is -2.11. The number of halogens is 1. The summed E-state index contributed by atoms with van der Waals surface area (Å²) in [6, 6.07) is 6.79. The number of ether oxygens (including phenoxy) is 1. The van der Waals surface area contributed by atoms with Crippen molar-refractivity contribution in [2.45, 2.75) is 38.1 Å². The van der Waals surface area contributed by atoms with Crippen LogP contribution in [0.1, 0.15) is 53.3 Å². The third-order valence-electron chi connectivity index (χ3n) is 5.08. The van der Waals surface area contributed by atoms with Gasteiger partial charge in [-0.25, -0.2) is 9.18 Å². The van der Waals surface area contributed by atoms with E-state index in [0.29, 0.717) is 18.0 Å². The molecule has 1 saturated carbocycles. The average Bonchev–Trinajstić information content (AvgIpc) is 3.30. The maximum Gasteiger partial charge on any atom is 0.338 e.